The monoisotopic (exact) mass is 271 g/mol. The molecule has 2 heterocycles. The van der Waals surface area contributed by atoms with Crippen molar-refractivity contribution < 1.29 is 9.59 Å². The van der Waals surface area contributed by atoms with Crippen LogP contribution in [-0.4, -0.2) is 22.8 Å². The van der Waals surface area contributed by atoms with Gasteiger partial charge in [-0.05, 0) is 37.3 Å². The Kier molecular flexibility index (Phi) is 3.26. The highest BCUT2D eigenvalue weighted by molar-refractivity contribution is 5.92. The molecule has 1 aromatic rings. The van der Waals surface area contributed by atoms with E-state index in [4.69, 9.17) is 0 Å². The summed E-state index contributed by atoms with van der Waals surface area (Å²) in [5.41, 5.74) is 2.70. The summed E-state index contributed by atoms with van der Waals surface area (Å²) in [5, 5.41) is 5.52. The fourth-order valence-corrected chi connectivity index (χ4v) is 2.85. The van der Waals surface area contributed by atoms with E-state index in [1.165, 1.54) is 0 Å². The molecule has 0 aromatic carbocycles. The van der Waals surface area contributed by atoms with Crippen molar-refractivity contribution >= 4 is 11.8 Å². The van der Waals surface area contributed by atoms with Gasteiger partial charge in [0, 0.05) is 11.9 Å². The van der Waals surface area contributed by atoms with Crippen molar-refractivity contribution in [1.82, 2.24) is 15.6 Å². The number of allylic oxidation sites excluding steroid dienone is 1. The lowest BCUT2D eigenvalue weighted by Crippen LogP contribution is -2.50. The third-order valence-corrected chi connectivity index (χ3v) is 3.94. The molecule has 1 aliphatic heterocycles. The maximum absolute atomic E-state index is 12.3. The molecular formula is C15H17N3O2. The van der Waals surface area contributed by atoms with Gasteiger partial charge >= 0.3 is 0 Å². The summed E-state index contributed by atoms with van der Waals surface area (Å²) in [6.07, 6.45) is 4.66. The van der Waals surface area contributed by atoms with Crippen LogP contribution in [0.5, 0.6) is 0 Å². The summed E-state index contributed by atoms with van der Waals surface area (Å²) in [4.78, 5) is 28.5. The quantitative estimate of drug-likeness (QED) is 0.843. The number of piperidine rings is 1. The SMILES string of the molecule is C=C1CC[C@H](NC(=O)C2CCc3cccnc32)C(=O)N1. The van der Waals surface area contributed by atoms with Gasteiger partial charge in [0.25, 0.3) is 0 Å². The van der Waals surface area contributed by atoms with E-state index < -0.39 is 6.04 Å². The van der Waals surface area contributed by atoms with Gasteiger partial charge in [-0.15, -0.1) is 0 Å². The maximum Gasteiger partial charge on any atom is 0.246 e. The number of aromatic nitrogens is 1. The fraction of sp³-hybridized carbons (Fsp3) is 0.400. The van der Waals surface area contributed by atoms with Crippen molar-refractivity contribution in [3.63, 3.8) is 0 Å². The molecule has 5 nitrogen and oxygen atoms in total. The molecule has 2 N–H and O–H groups in total. The lowest BCUT2D eigenvalue weighted by atomic mass is 10.0. The molecular weight excluding hydrogens is 254 g/mol. The third-order valence-electron chi connectivity index (χ3n) is 3.94. The average Bonchev–Trinajstić information content (AvgIpc) is 2.86. The van der Waals surface area contributed by atoms with Gasteiger partial charge in [0.05, 0.1) is 11.6 Å². The zero-order valence-electron chi connectivity index (χ0n) is 11.2. The van der Waals surface area contributed by atoms with E-state index in [1.807, 2.05) is 12.1 Å². The molecule has 0 saturated carbocycles. The van der Waals surface area contributed by atoms with Crippen LogP contribution in [0.4, 0.5) is 0 Å². The number of amides is 2. The summed E-state index contributed by atoms with van der Waals surface area (Å²) in [6.45, 7) is 3.73. The molecule has 2 amide bonds. The first-order valence-corrected chi connectivity index (χ1v) is 6.88. The van der Waals surface area contributed by atoms with Gasteiger partial charge in [-0.3, -0.25) is 14.6 Å². The number of carbonyl (C=O) groups excluding carboxylic acids is 2. The minimum atomic E-state index is -0.458. The van der Waals surface area contributed by atoms with Crippen LogP contribution in [-0.2, 0) is 16.0 Å². The van der Waals surface area contributed by atoms with Crippen molar-refractivity contribution in [2.75, 3.05) is 0 Å². The molecule has 1 aromatic heterocycles. The van der Waals surface area contributed by atoms with Gasteiger partial charge in [0.1, 0.15) is 6.04 Å². The number of nitrogens with zero attached hydrogens (tertiary/aromatic N) is 1. The van der Waals surface area contributed by atoms with Crippen LogP contribution in [0.2, 0.25) is 0 Å². The smallest absolute Gasteiger partial charge is 0.246 e. The normalized spacial score (nSPS) is 25.0. The highest BCUT2D eigenvalue weighted by atomic mass is 16.2. The van der Waals surface area contributed by atoms with E-state index in [2.05, 4.69) is 22.2 Å². The number of rotatable bonds is 2. The zero-order valence-corrected chi connectivity index (χ0v) is 11.2. The summed E-state index contributed by atoms with van der Waals surface area (Å²) in [7, 11) is 0. The van der Waals surface area contributed by atoms with E-state index in [1.54, 1.807) is 6.20 Å². The van der Waals surface area contributed by atoms with E-state index >= 15 is 0 Å². The first-order valence-electron chi connectivity index (χ1n) is 6.88. The Morgan fingerprint density at radius 2 is 2.25 bits per heavy atom. The predicted octanol–water partition coefficient (Wildman–Crippen LogP) is 1.02. The molecule has 20 heavy (non-hydrogen) atoms. The molecule has 3 rings (SSSR count). The molecule has 1 aliphatic carbocycles. The molecule has 5 heteroatoms. The van der Waals surface area contributed by atoms with Crippen LogP contribution in [0.3, 0.4) is 0 Å². The molecule has 0 bridgehead atoms. The largest absolute Gasteiger partial charge is 0.344 e. The number of carbonyl (C=O) groups is 2. The van der Waals surface area contributed by atoms with Crippen LogP contribution < -0.4 is 10.6 Å². The molecule has 0 spiro atoms. The van der Waals surface area contributed by atoms with Crippen molar-refractivity contribution in [3.05, 3.63) is 41.9 Å². The second kappa shape index (κ2) is 5.07. The molecule has 0 radical (unpaired) electrons. The van der Waals surface area contributed by atoms with Crippen LogP contribution in [0.15, 0.2) is 30.6 Å². The number of pyridine rings is 1. The topological polar surface area (TPSA) is 71.1 Å². The van der Waals surface area contributed by atoms with Crippen LogP contribution in [0.25, 0.3) is 0 Å². The van der Waals surface area contributed by atoms with Crippen LogP contribution in [0.1, 0.15) is 36.4 Å². The van der Waals surface area contributed by atoms with E-state index in [0.29, 0.717) is 18.5 Å². The fourth-order valence-electron chi connectivity index (χ4n) is 2.85. The summed E-state index contributed by atoms with van der Waals surface area (Å²) < 4.78 is 0. The predicted molar refractivity (Wildman–Crippen MR) is 73.7 cm³/mol. The van der Waals surface area contributed by atoms with Crippen LogP contribution in [0, 0.1) is 0 Å². The van der Waals surface area contributed by atoms with Crippen molar-refractivity contribution in [2.24, 2.45) is 0 Å². The van der Waals surface area contributed by atoms with Gasteiger partial charge in [0.15, 0.2) is 0 Å². The molecule has 104 valence electrons. The molecule has 1 saturated heterocycles. The Bertz CT molecular complexity index is 582. The first kappa shape index (κ1) is 12.8. The summed E-state index contributed by atoms with van der Waals surface area (Å²) in [6, 6.07) is 3.44. The first-order chi connectivity index (χ1) is 9.65. The van der Waals surface area contributed by atoms with E-state index in [9.17, 15) is 9.59 Å². The van der Waals surface area contributed by atoms with Crippen molar-refractivity contribution in [1.29, 1.82) is 0 Å². The van der Waals surface area contributed by atoms with E-state index in [0.717, 1.165) is 24.1 Å². The van der Waals surface area contributed by atoms with Gasteiger partial charge < -0.3 is 10.6 Å². The van der Waals surface area contributed by atoms with Crippen LogP contribution >= 0.6 is 0 Å². The van der Waals surface area contributed by atoms with Crippen molar-refractivity contribution in [3.8, 4) is 0 Å². The van der Waals surface area contributed by atoms with Gasteiger partial charge in [-0.1, -0.05) is 12.6 Å². The zero-order chi connectivity index (χ0) is 14.1. The molecule has 2 atom stereocenters. The number of aryl methyl sites for hydroxylation is 1. The second-order valence-electron chi connectivity index (χ2n) is 5.33. The van der Waals surface area contributed by atoms with E-state index in [-0.39, 0.29) is 17.7 Å². The third kappa shape index (κ3) is 2.31. The number of fused-ring (bicyclic) bond motifs is 1. The Morgan fingerprint density at radius 3 is 3.05 bits per heavy atom. The summed E-state index contributed by atoms with van der Waals surface area (Å²) in [5.74, 6) is -0.506. The lowest BCUT2D eigenvalue weighted by molar-refractivity contribution is -0.130. The minimum Gasteiger partial charge on any atom is -0.344 e. The highest BCUT2D eigenvalue weighted by Crippen LogP contribution is 2.31. The minimum absolute atomic E-state index is 0.102. The number of hydrogen-bond acceptors (Lipinski definition) is 3. The van der Waals surface area contributed by atoms with Crippen molar-refractivity contribution in [2.45, 2.75) is 37.6 Å². The average molecular weight is 271 g/mol. The Labute approximate surface area is 117 Å². The van der Waals surface area contributed by atoms with Gasteiger partial charge in [-0.2, -0.15) is 0 Å². The Balaban J connectivity index is 1.69. The van der Waals surface area contributed by atoms with Gasteiger partial charge in [-0.25, -0.2) is 0 Å². The molecule has 1 fully saturated rings. The maximum atomic E-state index is 12.3. The summed E-state index contributed by atoms with van der Waals surface area (Å²) >= 11 is 0. The highest BCUT2D eigenvalue weighted by Gasteiger charge is 2.33. The number of hydrogen-bond donors (Lipinski definition) is 2. The molecule has 2 aliphatic rings. The standard InChI is InChI=1S/C15H17N3O2/c1-9-4-7-12(15(20)17-9)18-14(19)11-6-5-10-3-2-8-16-13(10)11/h2-3,8,11-12H,1,4-7H2,(H,17,20)(H,18,19)/t11?,12-/m0/s1. The van der Waals surface area contributed by atoms with Gasteiger partial charge in [0.2, 0.25) is 11.8 Å². The Morgan fingerprint density at radius 1 is 1.40 bits per heavy atom. The Hall–Kier alpha value is -2.17. The number of nitrogens with one attached hydrogen (secondary N) is 2. The lowest BCUT2D eigenvalue weighted by Gasteiger charge is -2.25. The second-order valence-corrected chi connectivity index (χ2v) is 5.33. The molecule has 1 unspecified atom stereocenters.